The summed E-state index contributed by atoms with van der Waals surface area (Å²) in [6, 6.07) is 6.77. The van der Waals surface area contributed by atoms with Crippen molar-refractivity contribution in [2.45, 2.75) is 58.0 Å². The summed E-state index contributed by atoms with van der Waals surface area (Å²) in [6.07, 6.45) is 6.82. The molecule has 0 aliphatic carbocycles. The molecule has 0 spiro atoms. The highest BCUT2D eigenvalue weighted by Gasteiger charge is 2.05. The molecule has 0 unspecified atom stereocenters. The topological polar surface area (TPSA) is 61.4 Å². The molecule has 4 nitrogen and oxygen atoms in total. The van der Waals surface area contributed by atoms with Gasteiger partial charge in [-0.3, -0.25) is 0 Å². The summed E-state index contributed by atoms with van der Waals surface area (Å²) in [5.74, 6) is 0. The van der Waals surface area contributed by atoms with Crippen molar-refractivity contribution < 1.29 is 9.90 Å². The minimum absolute atomic E-state index is 0.250. The summed E-state index contributed by atoms with van der Waals surface area (Å²) in [7, 11) is 0. The quantitative estimate of drug-likeness (QED) is 0.551. The van der Waals surface area contributed by atoms with E-state index in [1.165, 1.54) is 19.3 Å². The molecule has 1 atom stereocenters. The third-order valence-corrected chi connectivity index (χ3v) is 3.71. The van der Waals surface area contributed by atoms with Crippen LogP contribution in [0.5, 0.6) is 0 Å². The first-order valence-corrected chi connectivity index (χ1v) is 8.48. The first-order valence-electron chi connectivity index (χ1n) is 8.10. The van der Waals surface area contributed by atoms with Crippen LogP contribution in [0.2, 0.25) is 5.02 Å². The molecule has 0 aliphatic rings. The first kappa shape index (κ1) is 18.8. The third-order valence-electron chi connectivity index (χ3n) is 3.47. The number of benzene rings is 1. The van der Waals surface area contributed by atoms with E-state index in [1.54, 1.807) is 24.3 Å². The van der Waals surface area contributed by atoms with Gasteiger partial charge >= 0.3 is 6.03 Å². The number of aliphatic hydroxyl groups is 1. The highest BCUT2D eigenvalue weighted by atomic mass is 35.5. The van der Waals surface area contributed by atoms with Crippen LogP contribution in [-0.4, -0.2) is 23.8 Å². The van der Waals surface area contributed by atoms with Gasteiger partial charge in [-0.2, -0.15) is 0 Å². The molecule has 22 heavy (non-hydrogen) atoms. The zero-order valence-electron chi connectivity index (χ0n) is 13.3. The lowest BCUT2D eigenvalue weighted by atomic mass is 10.1. The maximum atomic E-state index is 11.7. The van der Waals surface area contributed by atoms with Crippen LogP contribution in [-0.2, 0) is 0 Å². The van der Waals surface area contributed by atoms with E-state index in [-0.39, 0.29) is 12.1 Å². The Balaban J connectivity index is 2.07. The van der Waals surface area contributed by atoms with Crippen LogP contribution in [0, 0.1) is 0 Å². The van der Waals surface area contributed by atoms with Crippen LogP contribution in [0.25, 0.3) is 0 Å². The monoisotopic (exact) mass is 326 g/mol. The molecule has 1 aromatic rings. The average Bonchev–Trinajstić information content (AvgIpc) is 2.48. The molecular weight excluding hydrogens is 300 g/mol. The van der Waals surface area contributed by atoms with Crippen LogP contribution in [0.1, 0.15) is 51.9 Å². The lowest BCUT2D eigenvalue weighted by Crippen LogP contribution is -2.30. The molecule has 124 valence electrons. The van der Waals surface area contributed by atoms with Gasteiger partial charge in [0.05, 0.1) is 6.10 Å². The fourth-order valence-corrected chi connectivity index (χ4v) is 2.42. The molecule has 0 radical (unpaired) electrons. The van der Waals surface area contributed by atoms with Crippen molar-refractivity contribution in [2.75, 3.05) is 11.9 Å². The van der Waals surface area contributed by atoms with Gasteiger partial charge in [-0.05, 0) is 37.5 Å². The zero-order valence-corrected chi connectivity index (χ0v) is 14.0. The van der Waals surface area contributed by atoms with Crippen molar-refractivity contribution in [3.8, 4) is 0 Å². The summed E-state index contributed by atoms with van der Waals surface area (Å²) < 4.78 is 0. The number of rotatable bonds is 10. The molecule has 1 rings (SSSR count). The number of halogens is 1. The van der Waals surface area contributed by atoms with E-state index >= 15 is 0 Å². The SMILES string of the molecule is CCCCCC[C@H](O)CCCNC(=O)Nc1cccc(Cl)c1. The molecule has 5 heteroatoms. The number of aliphatic hydroxyl groups excluding tert-OH is 1. The van der Waals surface area contributed by atoms with Gasteiger partial charge in [0.1, 0.15) is 0 Å². The molecule has 0 saturated heterocycles. The second kappa shape index (κ2) is 11.3. The standard InChI is InChI=1S/C17H27ClN2O2/c1-2-3-4-5-10-16(21)11-7-12-19-17(22)20-15-9-6-8-14(18)13-15/h6,8-9,13,16,21H,2-5,7,10-12H2,1H3,(H2,19,20,22)/t16-/m0/s1. The summed E-state index contributed by atoms with van der Waals surface area (Å²) >= 11 is 5.85. The molecule has 0 aliphatic heterocycles. The number of hydrogen-bond acceptors (Lipinski definition) is 2. The Labute approximate surface area is 138 Å². The number of unbranched alkanes of at least 4 members (excludes halogenated alkanes) is 3. The molecule has 1 aromatic carbocycles. The van der Waals surface area contributed by atoms with Gasteiger partial charge in [-0.1, -0.05) is 50.3 Å². The number of carbonyl (C=O) groups is 1. The lowest BCUT2D eigenvalue weighted by Gasteiger charge is -2.11. The average molecular weight is 327 g/mol. The predicted octanol–water partition coefficient (Wildman–Crippen LogP) is 4.57. The van der Waals surface area contributed by atoms with Crippen LogP contribution >= 0.6 is 11.6 Å². The van der Waals surface area contributed by atoms with Crippen LogP contribution in [0.3, 0.4) is 0 Å². The van der Waals surface area contributed by atoms with Crippen molar-refractivity contribution >= 4 is 23.3 Å². The Morgan fingerprint density at radius 2 is 2.00 bits per heavy atom. The van der Waals surface area contributed by atoms with E-state index in [9.17, 15) is 9.90 Å². The van der Waals surface area contributed by atoms with E-state index in [1.807, 2.05) is 0 Å². The number of nitrogens with one attached hydrogen (secondary N) is 2. The maximum Gasteiger partial charge on any atom is 0.319 e. The van der Waals surface area contributed by atoms with Gasteiger partial charge in [0.2, 0.25) is 0 Å². The van der Waals surface area contributed by atoms with Gasteiger partial charge in [-0.25, -0.2) is 4.79 Å². The van der Waals surface area contributed by atoms with Crippen LogP contribution < -0.4 is 10.6 Å². The molecule has 0 saturated carbocycles. The molecule has 0 fully saturated rings. The Bertz CT molecular complexity index is 440. The highest BCUT2D eigenvalue weighted by molar-refractivity contribution is 6.30. The molecule has 2 amide bonds. The number of amides is 2. The van der Waals surface area contributed by atoms with Gasteiger partial charge in [0, 0.05) is 17.3 Å². The van der Waals surface area contributed by atoms with E-state index < -0.39 is 0 Å². The van der Waals surface area contributed by atoms with Crippen molar-refractivity contribution in [2.24, 2.45) is 0 Å². The van der Waals surface area contributed by atoms with Crippen molar-refractivity contribution in [1.29, 1.82) is 0 Å². The highest BCUT2D eigenvalue weighted by Crippen LogP contribution is 2.14. The van der Waals surface area contributed by atoms with Crippen molar-refractivity contribution in [3.63, 3.8) is 0 Å². The molecule has 3 N–H and O–H groups in total. The Morgan fingerprint density at radius 1 is 1.23 bits per heavy atom. The lowest BCUT2D eigenvalue weighted by molar-refractivity contribution is 0.148. The molecule has 0 bridgehead atoms. The fraction of sp³-hybridized carbons (Fsp3) is 0.588. The third kappa shape index (κ3) is 8.90. The summed E-state index contributed by atoms with van der Waals surface area (Å²) in [5.41, 5.74) is 0.668. The molecular formula is C17H27ClN2O2. The number of anilines is 1. The first-order chi connectivity index (χ1) is 10.6. The second-order valence-electron chi connectivity index (χ2n) is 5.54. The van der Waals surface area contributed by atoms with E-state index in [2.05, 4.69) is 17.6 Å². The van der Waals surface area contributed by atoms with Crippen molar-refractivity contribution in [3.05, 3.63) is 29.3 Å². The van der Waals surface area contributed by atoms with Crippen LogP contribution in [0.4, 0.5) is 10.5 Å². The number of carbonyl (C=O) groups excluding carboxylic acids is 1. The van der Waals surface area contributed by atoms with Gasteiger partial charge < -0.3 is 15.7 Å². The normalized spacial score (nSPS) is 12.0. The Hall–Kier alpha value is -1.26. The van der Waals surface area contributed by atoms with E-state index in [4.69, 9.17) is 11.6 Å². The van der Waals surface area contributed by atoms with E-state index in [0.717, 1.165) is 25.7 Å². The molecule has 0 aromatic heterocycles. The maximum absolute atomic E-state index is 11.7. The summed E-state index contributed by atoms with van der Waals surface area (Å²) in [6.45, 7) is 2.73. The number of hydrogen-bond donors (Lipinski definition) is 3. The smallest absolute Gasteiger partial charge is 0.319 e. The number of urea groups is 1. The van der Waals surface area contributed by atoms with Crippen molar-refractivity contribution in [1.82, 2.24) is 5.32 Å². The van der Waals surface area contributed by atoms with Crippen LogP contribution in [0.15, 0.2) is 24.3 Å². The summed E-state index contributed by atoms with van der Waals surface area (Å²) in [5, 5.41) is 15.9. The van der Waals surface area contributed by atoms with Gasteiger partial charge in [0.15, 0.2) is 0 Å². The molecule has 0 heterocycles. The van der Waals surface area contributed by atoms with E-state index in [0.29, 0.717) is 17.3 Å². The Morgan fingerprint density at radius 3 is 2.73 bits per heavy atom. The second-order valence-corrected chi connectivity index (χ2v) is 5.97. The zero-order chi connectivity index (χ0) is 16.2. The predicted molar refractivity (Wildman–Crippen MR) is 92.5 cm³/mol. The van der Waals surface area contributed by atoms with Gasteiger partial charge in [0.25, 0.3) is 0 Å². The Kier molecular flexibility index (Phi) is 9.67. The minimum Gasteiger partial charge on any atom is -0.393 e. The fourth-order valence-electron chi connectivity index (χ4n) is 2.23. The largest absolute Gasteiger partial charge is 0.393 e. The van der Waals surface area contributed by atoms with Gasteiger partial charge in [-0.15, -0.1) is 0 Å². The minimum atomic E-state index is -0.255. The summed E-state index contributed by atoms with van der Waals surface area (Å²) in [4.78, 5) is 11.7.